The fraction of sp³-hybridized carbons (Fsp3) is 0.231. The number of aromatic nitrogens is 1. The van der Waals surface area contributed by atoms with Crippen molar-refractivity contribution in [2.45, 2.75) is 19.4 Å². The lowest BCUT2D eigenvalue weighted by atomic mass is 10.2. The highest BCUT2D eigenvalue weighted by Crippen LogP contribution is 2.17. The summed E-state index contributed by atoms with van der Waals surface area (Å²) in [5, 5.41) is 12.2. The maximum Gasteiger partial charge on any atom is 0.303 e. The normalized spacial score (nSPS) is 10.4. The van der Waals surface area contributed by atoms with Gasteiger partial charge in [0.15, 0.2) is 0 Å². The molecule has 0 saturated carbocycles. The number of fused-ring (bicyclic) bond motifs is 1. The molecule has 94 valence electrons. The molecule has 0 aliphatic heterocycles. The monoisotopic (exact) mass is 246 g/mol. The molecule has 5 nitrogen and oxygen atoms in total. The van der Waals surface area contributed by atoms with Gasteiger partial charge < -0.3 is 15.4 Å². The van der Waals surface area contributed by atoms with Gasteiger partial charge in [0.25, 0.3) is 0 Å². The van der Waals surface area contributed by atoms with Gasteiger partial charge in [0.2, 0.25) is 5.91 Å². The molecule has 0 aliphatic rings. The number of aliphatic carboxylic acids is 1. The van der Waals surface area contributed by atoms with E-state index in [0.717, 1.165) is 16.5 Å². The highest BCUT2D eigenvalue weighted by Gasteiger charge is 2.07. The van der Waals surface area contributed by atoms with Crippen LogP contribution in [0.5, 0.6) is 0 Å². The maximum atomic E-state index is 11.4. The second-order valence-electron chi connectivity index (χ2n) is 4.03. The second-order valence-corrected chi connectivity index (χ2v) is 4.03. The molecule has 0 atom stereocenters. The number of carbonyl (C=O) groups excluding carboxylic acids is 1. The molecule has 1 aromatic heterocycles. The molecular formula is C13H14N2O3. The molecule has 1 aromatic carbocycles. The van der Waals surface area contributed by atoms with Crippen molar-refractivity contribution >= 4 is 22.8 Å². The molecule has 0 radical (unpaired) electrons. The van der Waals surface area contributed by atoms with Crippen LogP contribution in [0.1, 0.15) is 18.4 Å². The molecule has 0 saturated heterocycles. The molecule has 18 heavy (non-hydrogen) atoms. The molecule has 3 N–H and O–H groups in total. The third-order valence-electron chi connectivity index (χ3n) is 2.72. The molecule has 5 heteroatoms. The average Bonchev–Trinajstić information content (AvgIpc) is 2.77. The van der Waals surface area contributed by atoms with Gasteiger partial charge in [-0.3, -0.25) is 9.59 Å². The smallest absolute Gasteiger partial charge is 0.303 e. The molecule has 0 bridgehead atoms. The van der Waals surface area contributed by atoms with Gasteiger partial charge >= 0.3 is 5.97 Å². The fourth-order valence-electron chi connectivity index (χ4n) is 1.78. The van der Waals surface area contributed by atoms with E-state index in [9.17, 15) is 9.59 Å². The van der Waals surface area contributed by atoms with E-state index in [1.807, 2.05) is 30.5 Å². The average molecular weight is 246 g/mol. The zero-order valence-electron chi connectivity index (χ0n) is 9.77. The summed E-state index contributed by atoms with van der Waals surface area (Å²) in [4.78, 5) is 24.8. The highest BCUT2D eigenvalue weighted by molar-refractivity contribution is 5.84. The predicted molar refractivity (Wildman–Crippen MR) is 67.0 cm³/mol. The van der Waals surface area contributed by atoms with Crippen molar-refractivity contribution in [1.82, 2.24) is 10.3 Å². The summed E-state index contributed by atoms with van der Waals surface area (Å²) in [5.74, 6) is -1.21. The lowest BCUT2D eigenvalue weighted by Crippen LogP contribution is -2.23. The van der Waals surface area contributed by atoms with Gasteiger partial charge in [-0.2, -0.15) is 0 Å². The van der Waals surface area contributed by atoms with Crippen molar-refractivity contribution in [3.8, 4) is 0 Å². The molecule has 2 rings (SSSR count). The van der Waals surface area contributed by atoms with Gasteiger partial charge in [0.05, 0.1) is 6.42 Å². The summed E-state index contributed by atoms with van der Waals surface area (Å²) < 4.78 is 0. The van der Waals surface area contributed by atoms with Gasteiger partial charge in [-0.05, 0) is 11.6 Å². The lowest BCUT2D eigenvalue weighted by molar-refractivity contribution is -0.138. The van der Waals surface area contributed by atoms with Crippen LogP contribution in [-0.2, 0) is 16.1 Å². The third kappa shape index (κ3) is 2.88. The van der Waals surface area contributed by atoms with Crippen LogP contribution in [0.3, 0.4) is 0 Å². The lowest BCUT2D eigenvalue weighted by Gasteiger charge is -2.03. The van der Waals surface area contributed by atoms with Gasteiger partial charge in [-0.25, -0.2) is 0 Å². The molecule has 0 unspecified atom stereocenters. The predicted octanol–water partition coefficient (Wildman–Crippen LogP) is 1.65. The van der Waals surface area contributed by atoms with Crippen molar-refractivity contribution < 1.29 is 14.7 Å². The summed E-state index contributed by atoms with van der Waals surface area (Å²) in [5.41, 5.74) is 2.02. The molecule has 2 aromatic rings. The minimum atomic E-state index is -0.961. The molecule has 1 amide bonds. The Morgan fingerprint density at radius 3 is 2.78 bits per heavy atom. The van der Waals surface area contributed by atoms with Crippen molar-refractivity contribution in [3.05, 3.63) is 36.0 Å². The van der Waals surface area contributed by atoms with E-state index >= 15 is 0 Å². The fourth-order valence-corrected chi connectivity index (χ4v) is 1.78. The number of carboxylic acids is 1. The summed E-state index contributed by atoms with van der Waals surface area (Å²) in [7, 11) is 0. The highest BCUT2D eigenvalue weighted by atomic mass is 16.4. The number of carbonyl (C=O) groups is 2. The number of H-pyrrole nitrogens is 1. The van der Waals surface area contributed by atoms with Gasteiger partial charge in [-0.15, -0.1) is 0 Å². The number of carboxylic acid groups (broad SMARTS) is 1. The third-order valence-corrected chi connectivity index (χ3v) is 2.72. The van der Waals surface area contributed by atoms with E-state index in [-0.39, 0.29) is 18.7 Å². The molecule has 0 fully saturated rings. The number of hydrogen-bond acceptors (Lipinski definition) is 2. The van der Waals surface area contributed by atoms with Crippen LogP contribution in [0.15, 0.2) is 30.5 Å². The first-order valence-electron chi connectivity index (χ1n) is 5.70. The van der Waals surface area contributed by atoms with E-state index in [2.05, 4.69) is 10.3 Å². The van der Waals surface area contributed by atoms with Gasteiger partial charge in [0, 0.05) is 30.1 Å². The maximum absolute atomic E-state index is 11.4. The zero-order valence-corrected chi connectivity index (χ0v) is 9.77. The number of amides is 1. The van der Waals surface area contributed by atoms with Crippen LogP contribution in [0.4, 0.5) is 0 Å². The number of hydrogen-bond donors (Lipinski definition) is 3. The zero-order chi connectivity index (χ0) is 13.0. The van der Waals surface area contributed by atoms with E-state index < -0.39 is 5.97 Å². The Labute approximate surface area is 104 Å². The summed E-state index contributed by atoms with van der Waals surface area (Å²) in [6.45, 7) is 0.405. The van der Waals surface area contributed by atoms with Crippen molar-refractivity contribution in [2.24, 2.45) is 0 Å². The Morgan fingerprint density at radius 2 is 2.00 bits per heavy atom. The number of aromatic amines is 1. The Kier molecular flexibility index (Phi) is 3.62. The van der Waals surface area contributed by atoms with E-state index in [4.69, 9.17) is 5.11 Å². The second kappa shape index (κ2) is 5.35. The van der Waals surface area contributed by atoms with Gasteiger partial charge in [-0.1, -0.05) is 18.2 Å². The van der Waals surface area contributed by atoms with Crippen LogP contribution < -0.4 is 5.32 Å². The SMILES string of the molecule is O=C(O)CCC(=O)NCc1c[nH]c2ccccc12. The van der Waals surface area contributed by atoms with E-state index in [1.54, 1.807) is 0 Å². The molecule has 0 spiro atoms. The first-order valence-corrected chi connectivity index (χ1v) is 5.70. The van der Waals surface area contributed by atoms with Gasteiger partial charge in [0.1, 0.15) is 0 Å². The molecule has 0 aliphatic carbocycles. The van der Waals surface area contributed by atoms with E-state index in [1.165, 1.54) is 0 Å². The quantitative estimate of drug-likeness (QED) is 0.750. The first-order chi connectivity index (χ1) is 8.66. The van der Waals surface area contributed by atoms with Crippen LogP contribution >= 0.6 is 0 Å². The number of nitrogens with one attached hydrogen (secondary N) is 2. The minimum absolute atomic E-state index is 0.0116. The number of benzene rings is 1. The van der Waals surface area contributed by atoms with Crippen LogP contribution in [0.2, 0.25) is 0 Å². The Morgan fingerprint density at radius 1 is 1.22 bits per heavy atom. The largest absolute Gasteiger partial charge is 0.481 e. The van der Waals surface area contributed by atoms with Crippen molar-refractivity contribution in [2.75, 3.05) is 0 Å². The summed E-state index contributed by atoms with van der Waals surface area (Å²) >= 11 is 0. The Balaban J connectivity index is 1.94. The minimum Gasteiger partial charge on any atom is -0.481 e. The number of para-hydroxylation sites is 1. The van der Waals surface area contributed by atoms with Crippen LogP contribution in [-0.4, -0.2) is 22.0 Å². The topological polar surface area (TPSA) is 82.2 Å². The van der Waals surface area contributed by atoms with Crippen LogP contribution in [0, 0.1) is 0 Å². The van der Waals surface area contributed by atoms with E-state index in [0.29, 0.717) is 6.54 Å². The summed E-state index contributed by atoms with van der Waals surface area (Å²) in [6, 6.07) is 7.82. The Hall–Kier alpha value is -2.30. The molecular weight excluding hydrogens is 232 g/mol. The molecule has 1 heterocycles. The standard InChI is InChI=1S/C13H14N2O3/c16-12(5-6-13(17)18)15-8-9-7-14-11-4-2-1-3-10(9)11/h1-4,7,14H,5-6,8H2,(H,15,16)(H,17,18). The van der Waals surface area contributed by atoms with Crippen molar-refractivity contribution in [1.29, 1.82) is 0 Å². The Bertz CT molecular complexity index is 574. The summed E-state index contributed by atoms with van der Waals surface area (Å²) in [6.07, 6.45) is 1.72. The first kappa shape index (κ1) is 12.2. The van der Waals surface area contributed by atoms with Crippen LogP contribution in [0.25, 0.3) is 10.9 Å². The van der Waals surface area contributed by atoms with Crippen molar-refractivity contribution in [3.63, 3.8) is 0 Å². The number of rotatable bonds is 5.